The van der Waals surface area contributed by atoms with E-state index in [1.54, 1.807) is 18.6 Å². The molecule has 2 aromatic rings. The Kier molecular flexibility index (Phi) is 5.67. The molecule has 0 saturated heterocycles. The Morgan fingerprint density at radius 1 is 1.11 bits per heavy atom. The largest absolute Gasteiger partial charge is 0.481 e. The van der Waals surface area contributed by atoms with Gasteiger partial charge in [0, 0.05) is 18.6 Å². The van der Waals surface area contributed by atoms with Crippen LogP contribution < -0.4 is 0 Å². The second-order valence-electron chi connectivity index (χ2n) is 4.23. The zero-order valence-electron chi connectivity index (χ0n) is 11.4. The van der Waals surface area contributed by atoms with Gasteiger partial charge in [0.1, 0.15) is 0 Å². The summed E-state index contributed by atoms with van der Waals surface area (Å²) in [4.78, 5) is 18.4. The maximum absolute atomic E-state index is 10.5. The second kappa shape index (κ2) is 7.26. The van der Waals surface area contributed by atoms with Gasteiger partial charge in [-0.1, -0.05) is 6.07 Å². The quantitative estimate of drug-likeness (QED) is 0.899. The smallest absolute Gasteiger partial charge is 0.309 e. The normalized spacial score (nSPS) is 9.42. The van der Waals surface area contributed by atoms with Gasteiger partial charge >= 0.3 is 5.97 Å². The molecule has 0 bridgehead atoms. The van der Waals surface area contributed by atoms with Gasteiger partial charge in [0.25, 0.3) is 0 Å². The summed E-state index contributed by atoms with van der Waals surface area (Å²) in [6.45, 7) is 5.87. The number of rotatable bonds is 2. The number of hydrogen-bond donors (Lipinski definition) is 1. The summed E-state index contributed by atoms with van der Waals surface area (Å²) in [5.74, 6) is -0.834. The van der Waals surface area contributed by atoms with Crippen molar-refractivity contribution < 1.29 is 9.90 Å². The van der Waals surface area contributed by atoms with Gasteiger partial charge in [-0.25, -0.2) is 0 Å². The molecule has 4 nitrogen and oxygen atoms in total. The third kappa shape index (κ3) is 4.87. The van der Waals surface area contributed by atoms with Crippen molar-refractivity contribution in [2.24, 2.45) is 0 Å². The first-order valence-corrected chi connectivity index (χ1v) is 6.01. The highest BCUT2D eigenvalue weighted by atomic mass is 16.4. The molecule has 0 aliphatic rings. The molecule has 0 aromatic carbocycles. The van der Waals surface area contributed by atoms with E-state index < -0.39 is 5.97 Å². The second-order valence-corrected chi connectivity index (χ2v) is 4.23. The zero-order valence-corrected chi connectivity index (χ0v) is 11.4. The van der Waals surface area contributed by atoms with Crippen LogP contribution in [-0.2, 0) is 11.2 Å². The van der Waals surface area contributed by atoms with Crippen molar-refractivity contribution in [3.8, 4) is 0 Å². The molecule has 0 spiro atoms. The summed E-state index contributed by atoms with van der Waals surface area (Å²) in [6.07, 6.45) is 5.23. The van der Waals surface area contributed by atoms with Crippen molar-refractivity contribution in [1.29, 1.82) is 0 Å². The lowest BCUT2D eigenvalue weighted by molar-refractivity contribution is -0.136. The van der Waals surface area contributed by atoms with Crippen LogP contribution in [0.1, 0.15) is 22.4 Å². The van der Waals surface area contributed by atoms with Gasteiger partial charge < -0.3 is 5.11 Å². The van der Waals surface area contributed by atoms with Gasteiger partial charge in [0.05, 0.1) is 12.1 Å². The molecule has 4 heteroatoms. The van der Waals surface area contributed by atoms with E-state index >= 15 is 0 Å². The van der Waals surface area contributed by atoms with Crippen LogP contribution in [0.25, 0.3) is 0 Å². The van der Waals surface area contributed by atoms with Crippen LogP contribution in [0.5, 0.6) is 0 Å². The summed E-state index contributed by atoms with van der Waals surface area (Å²) in [5, 5.41) is 8.61. The molecule has 0 aliphatic heterocycles. The molecule has 0 fully saturated rings. The summed E-state index contributed by atoms with van der Waals surface area (Å²) in [6, 6.07) is 5.72. The highest BCUT2D eigenvalue weighted by Crippen LogP contribution is 2.14. The Bertz CT molecular complexity index is 513. The van der Waals surface area contributed by atoms with Crippen LogP contribution in [-0.4, -0.2) is 21.0 Å². The van der Waals surface area contributed by atoms with Crippen LogP contribution in [0.2, 0.25) is 0 Å². The van der Waals surface area contributed by atoms with E-state index in [9.17, 15) is 4.79 Å². The van der Waals surface area contributed by atoms with E-state index in [1.807, 2.05) is 39.0 Å². The van der Waals surface area contributed by atoms with Crippen LogP contribution >= 0.6 is 0 Å². The van der Waals surface area contributed by atoms with Crippen LogP contribution in [0.4, 0.5) is 0 Å². The fourth-order valence-corrected chi connectivity index (χ4v) is 1.51. The predicted molar refractivity (Wildman–Crippen MR) is 74.0 cm³/mol. The van der Waals surface area contributed by atoms with Gasteiger partial charge in [-0.05, 0) is 49.6 Å². The molecule has 100 valence electrons. The Morgan fingerprint density at radius 3 is 2.16 bits per heavy atom. The Balaban J connectivity index is 0.000000250. The van der Waals surface area contributed by atoms with Gasteiger partial charge in [-0.15, -0.1) is 0 Å². The van der Waals surface area contributed by atoms with E-state index in [0.717, 1.165) is 16.7 Å². The fraction of sp³-hybridized carbons (Fsp3) is 0.267. The molecule has 0 amide bonds. The van der Waals surface area contributed by atoms with Crippen molar-refractivity contribution in [3.63, 3.8) is 0 Å². The molecular formula is C15H18N2O2. The average molecular weight is 258 g/mol. The van der Waals surface area contributed by atoms with Crippen molar-refractivity contribution in [2.45, 2.75) is 27.2 Å². The minimum Gasteiger partial charge on any atom is -0.481 e. The molecule has 0 aliphatic carbocycles. The molecule has 0 radical (unpaired) electrons. The number of carboxylic acids is 1. The number of carbonyl (C=O) groups is 1. The SMILES string of the molecule is Cc1cnc(CC(=O)O)c(C)c1C.c1ccncc1. The van der Waals surface area contributed by atoms with Crippen LogP contribution in [0.15, 0.2) is 36.8 Å². The summed E-state index contributed by atoms with van der Waals surface area (Å²) < 4.78 is 0. The maximum Gasteiger partial charge on any atom is 0.309 e. The highest BCUT2D eigenvalue weighted by Gasteiger charge is 2.08. The molecule has 2 heterocycles. The molecule has 0 atom stereocenters. The minimum absolute atomic E-state index is 0.00690. The monoisotopic (exact) mass is 258 g/mol. The van der Waals surface area contributed by atoms with Crippen molar-refractivity contribution in [2.75, 3.05) is 0 Å². The lowest BCUT2D eigenvalue weighted by Gasteiger charge is -2.07. The molecule has 1 N–H and O–H groups in total. The van der Waals surface area contributed by atoms with E-state index in [0.29, 0.717) is 5.69 Å². The number of aliphatic carboxylic acids is 1. The minimum atomic E-state index is -0.834. The van der Waals surface area contributed by atoms with Crippen LogP contribution in [0.3, 0.4) is 0 Å². The van der Waals surface area contributed by atoms with Gasteiger partial charge in [0.2, 0.25) is 0 Å². The third-order valence-corrected chi connectivity index (χ3v) is 2.89. The summed E-state index contributed by atoms with van der Waals surface area (Å²) >= 11 is 0. The molecule has 2 rings (SSSR count). The number of aromatic nitrogens is 2. The average Bonchev–Trinajstić information content (AvgIpc) is 2.42. The van der Waals surface area contributed by atoms with Gasteiger partial charge in [-0.2, -0.15) is 0 Å². The first-order chi connectivity index (χ1) is 9.02. The van der Waals surface area contributed by atoms with E-state index in [4.69, 9.17) is 5.11 Å². The maximum atomic E-state index is 10.5. The van der Waals surface area contributed by atoms with Crippen molar-refractivity contribution in [3.05, 3.63) is 59.2 Å². The molecule has 19 heavy (non-hydrogen) atoms. The van der Waals surface area contributed by atoms with E-state index in [2.05, 4.69) is 9.97 Å². The lowest BCUT2D eigenvalue weighted by atomic mass is 10.0. The topological polar surface area (TPSA) is 63.1 Å². The van der Waals surface area contributed by atoms with Gasteiger partial charge in [-0.3, -0.25) is 14.8 Å². The number of nitrogens with zero attached hydrogens (tertiary/aromatic N) is 2. The number of pyridine rings is 2. The van der Waals surface area contributed by atoms with E-state index in [1.165, 1.54) is 0 Å². The molecule has 0 unspecified atom stereocenters. The van der Waals surface area contributed by atoms with E-state index in [-0.39, 0.29) is 6.42 Å². The fourth-order valence-electron chi connectivity index (χ4n) is 1.51. The molecular weight excluding hydrogens is 240 g/mol. The first-order valence-electron chi connectivity index (χ1n) is 6.01. The number of hydrogen-bond acceptors (Lipinski definition) is 3. The predicted octanol–water partition coefficient (Wildman–Crippen LogP) is 2.72. The number of carboxylic acid groups (broad SMARTS) is 1. The van der Waals surface area contributed by atoms with Crippen molar-refractivity contribution in [1.82, 2.24) is 9.97 Å². The van der Waals surface area contributed by atoms with Gasteiger partial charge in [0.15, 0.2) is 0 Å². The Labute approximate surface area is 113 Å². The van der Waals surface area contributed by atoms with Crippen molar-refractivity contribution >= 4 is 5.97 Å². The first kappa shape index (κ1) is 14.8. The highest BCUT2D eigenvalue weighted by molar-refractivity contribution is 5.70. The molecule has 0 saturated carbocycles. The zero-order chi connectivity index (χ0) is 14.3. The number of aryl methyl sites for hydroxylation is 1. The Hall–Kier alpha value is -2.23. The lowest BCUT2D eigenvalue weighted by Crippen LogP contribution is -2.06. The standard InChI is InChI=1S/C10H13NO2.C5H5N/c1-6-5-11-9(4-10(12)13)8(3)7(6)2;1-2-4-6-5-3-1/h5H,4H2,1-3H3,(H,12,13);1-5H. The summed E-state index contributed by atoms with van der Waals surface area (Å²) in [5.41, 5.74) is 3.89. The van der Waals surface area contributed by atoms with Crippen LogP contribution in [0, 0.1) is 20.8 Å². The third-order valence-electron chi connectivity index (χ3n) is 2.89. The summed E-state index contributed by atoms with van der Waals surface area (Å²) in [7, 11) is 0. The molecule has 2 aromatic heterocycles. The Morgan fingerprint density at radius 2 is 1.74 bits per heavy atom.